The van der Waals surface area contributed by atoms with Crippen LogP contribution in [0.15, 0.2) is 30.6 Å². The third-order valence-corrected chi connectivity index (χ3v) is 4.11. The molecule has 0 saturated carbocycles. The van der Waals surface area contributed by atoms with Crippen LogP contribution in [0.5, 0.6) is 11.5 Å². The highest BCUT2D eigenvalue weighted by molar-refractivity contribution is 5.92. The van der Waals surface area contributed by atoms with E-state index in [9.17, 15) is 4.79 Å². The molecular formula is C18H22N4O4. The van der Waals surface area contributed by atoms with Gasteiger partial charge in [0.05, 0.1) is 27.4 Å². The lowest BCUT2D eigenvalue weighted by Gasteiger charge is -2.26. The van der Waals surface area contributed by atoms with Crippen molar-refractivity contribution in [2.24, 2.45) is 0 Å². The van der Waals surface area contributed by atoms with Gasteiger partial charge in [-0.05, 0) is 17.7 Å². The van der Waals surface area contributed by atoms with Crippen molar-refractivity contribution in [3.8, 4) is 11.5 Å². The van der Waals surface area contributed by atoms with Crippen LogP contribution in [0, 0.1) is 0 Å². The number of nitrogens with one attached hydrogen (secondary N) is 1. The Hall–Kier alpha value is -2.87. The first-order valence-corrected chi connectivity index (χ1v) is 8.35. The molecule has 3 rings (SSSR count). The molecule has 1 amide bonds. The van der Waals surface area contributed by atoms with Crippen LogP contribution in [0.2, 0.25) is 0 Å². The first-order chi connectivity index (χ1) is 12.7. The molecule has 0 bridgehead atoms. The van der Waals surface area contributed by atoms with Gasteiger partial charge in [0.2, 0.25) is 0 Å². The number of carbonyl (C=O) groups excluding carboxylic acids is 1. The molecule has 0 spiro atoms. The molecule has 0 aliphatic carbocycles. The van der Waals surface area contributed by atoms with E-state index in [1.807, 2.05) is 18.2 Å². The molecule has 2 aromatic rings. The smallest absolute Gasteiger partial charge is 0.272 e. The van der Waals surface area contributed by atoms with Crippen molar-refractivity contribution in [2.45, 2.75) is 6.54 Å². The Kier molecular flexibility index (Phi) is 5.85. The van der Waals surface area contributed by atoms with Gasteiger partial charge in [-0.3, -0.25) is 4.79 Å². The van der Waals surface area contributed by atoms with E-state index in [4.69, 9.17) is 14.2 Å². The minimum atomic E-state index is -0.107. The SMILES string of the molecule is COc1ccc(CNc2cc(C(=O)N3CCOCC3)ncn2)cc1OC. The van der Waals surface area contributed by atoms with Crippen LogP contribution in [0.1, 0.15) is 16.1 Å². The van der Waals surface area contributed by atoms with Gasteiger partial charge in [-0.15, -0.1) is 0 Å². The molecule has 1 aromatic carbocycles. The van der Waals surface area contributed by atoms with Gasteiger partial charge >= 0.3 is 0 Å². The van der Waals surface area contributed by atoms with Gasteiger partial charge in [-0.25, -0.2) is 9.97 Å². The van der Waals surface area contributed by atoms with E-state index in [0.717, 1.165) is 5.56 Å². The Balaban J connectivity index is 1.66. The van der Waals surface area contributed by atoms with E-state index in [-0.39, 0.29) is 5.91 Å². The molecule has 138 valence electrons. The molecule has 0 atom stereocenters. The Morgan fingerprint density at radius 2 is 1.92 bits per heavy atom. The highest BCUT2D eigenvalue weighted by Crippen LogP contribution is 2.27. The lowest BCUT2D eigenvalue weighted by Crippen LogP contribution is -2.41. The summed E-state index contributed by atoms with van der Waals surface area (Å²) < 4.78 is 15.8. The number of morpholine rings is 1. The predicted molar refractivity (Wildman–Crippen MR) is 95.6 cm³/mol. The van der Waals surface area contributed by atoms with E-state index in [0.29, 0.717) is 55.9 Å². The normalized spacial score (nSPS) is 14.0. The first kappa shape index (κ1) is 17.9. The maximum Gasteiger partial charge on any atom is 0.272 e. The van der Waals surface area contributed by atoms with Gasteiger partial charge in [-0.1, -0.05) is 6.07 Å². The number of carbonyl (C=O) groups is 1. The molecule has 1 N–H and O–H groups in total. The molecule has 1 aromatic heterocycles. The molecule has 2 heterocycles. The van der Waals surface area contributed by atoms with E-state index in [2.05, 4.69) is 15.3 Å². The fourth-order valence-electron chi connectivity index (χ4n) is 2.68. The summed E-state index contributed by atoms with van der Waals surface area (Å²) in [5.74, 6) is 1.82. The van der Waals surface area contributed by atoms with Crippen LogP contribution in [0.4, 0.5) is 5.82 Å². The summed E-state index contributed by atoms with van der Waals surface area (Å²) in [6.45, 7) is 2.81. The standard InChI is InChI=1S/C18H22N4O4/c1-24-15-4-3-13(9-16(15)25-2)11-19-17-10-14(20-12-21-17)18(23)22-5-7-26-8-6-22/h3-4,9-10,12H,5-8,11H2,1-2H3,(H,19,20,21). The molecule has 0 radical (unpaired) electrons. The van der Waals surface area contributed by atoms with Crippen LogP contribution < -0.4 is 14.8 Å². The summed E-state index contributed by atoms with van der Waals surface area (Å²) in [5.41, 5.74) is 1.37. The predicted octanol–water partition coefficient (Wildman–Crippen LogP) is 1.58. The second-order valence-corrected chi connectivity index (χ2v) is 5.74. The van der Waals surface area contributed by atoms with Gasteiger partial charge in [-0.2, -0.15) is 0 Å². The van der Waals surface area contributed by atoms with Crippen molar-refractivity contribution >= 4 is 11.7 Å². The topological polar surface area (TPSA) is 85.8 Å². The number of nitrogens with zero attached hydrogens (tertiary/aromatic N) is 3. The summed E-state index contributed by atoms with van der Waals surface area (Å²) in [6, 6.07) is 7.35. The minimum Gasteiger partial charge on any atom is -0.493 e. The lowest BCUT2D eigenvalue weighted by atomic mass is 10.2. The van der Waals surface area contributed by atoms with E-state index in [1.54, 1.807) is 25.2 Å². The third-order valence-electron chi connectivity index (χ3n) is 4.11. The van der Waals surface area contributed by atoms with Crippen molar-refractivity contribution < 1.29 is 19.0 Å². The number of anilines is 1. The molecular weight excluding hydrogens is 336 g/mol. The van der Waals surface area contributed by atoms with Gasteiger partial charge in [0.25, 0.3) is 5.91 Å². The zero-order chi connectivity index (χ0) is 18.4. The number of rotatable bonds is 6. The highest BCUT2D eigenvalue weighted by Gasteiger charge is 2.20. The molecule has 1 aliphatic heterocycles. The highest BCUT2D eigenvalue weighted by atomic mass is 16.5. The maximum atomic E-state index is 12.5. The van der Waals surface area contributed by atoms with Crippen LogP contribution in [0.25, 0.3) is 0 Å². The second-order valence-electron chi connectivity index (χ2n) is 5.74. The Morgan fingerprint density at radius 3 is 2.65 bits per heavy atom. The fourth-order valence-corrected chi connectivity index (χ4v) is 2.68. The van der Waals surface area contributed by atoms with Crippen molar-refractivity contribution in [3.05, 3.63) is 41.9 Å². The molecule has 1 saturated heterocycles. The molecule has 1 fully saturated rings. The average molecular weight is 358 g/mol. The lowest BCUT2D eigenvalue weighted by molar-refractivity contribution is 0.0299. The molecule has 8 heteroatoms. The minimum absolute atomic E-state index is 0.107. The second kappa shape index (κ2) is 8.48. The van der Waals surface area contributed by atoms with Crippen molar-refractivity contribution in [1.29, 1.82) is 0 Å². The van der Waals surface area contributed by atoms with E-state index < -0.39 is 0 Å². The van der Waals surface area contributed by atoms with E-state index in [1.165, 1.54) is 6.33 Å². The zero-order valence-corrected chi connectivity index (χ0v) is 14.9. The average Bonchev–Trinajstić information content (AvgIpc) is 2.72. The number of amides is 1. The molecule has 8 nitrogen and oxygen atoms in total. The van der Waals surface area contributed by atoms with Gasteiger partial charge in [0.15, 0.2) is 11.5 Å². The number of ether oxygens (including phenoxy) is 3. The quantitative estimate of drug-likeness (QED) is 0.839. The number of aromatic nitrogens is 2. The van der Waals surface area contributed by atoms with Crippen LogP contribution in [-0.4, -0.2) is 61.3 Å². The summed E-state index contributed by atoms with van der Waals surface area (Å²) in [4.78, 5) is 22.5. The van der Waals surface area contributed by atoms with Crippen LogP contribution in [0.3, 0.4) is 0 Å². The molecule has 1 aliphatic rings. The zero-order valence-electron chi connectivity index (χ0n) is 14.9. The van der Waals surface area contributed by atoms with Gasteiger partial charge in [0, 0.05) is 25.7 Å². The molecule has 0 unspecified atom stereocenters. The summed E-state index contributed by atoms with van der Waals surface area (Å²) in [5, 5.41) is 3.21. The van der Waals surface area contributed by atoms with Gasteiger partial charge < -0.3 is 24.4 Å². The van der Waals surface area contributed by atoms with Gasteiger partial charge in [0.1, 0.15) is 17.8 Å². The van der Waals surface area contributed by atoms with E-state index >= 15 is 0 Å². The van der Waals surface area contributed by atoms with Crippen molar-refractivity contribution in [2.75, 3.05) is 45.8 Å². The maximum absolute atomic E-state index is 12.5. The monoisotopic (exact) mass is 358 g/mol. The summed E-state index contributed by atoms with van der Waals surface area (Å²) in [7, 11) is 3.20. The summed E-state index contributed by atoms with van der Waals surface area (Å²) >= 11 is 0. The number of benzene rings is 1. The number of hydrogen-bond acceptors (Lipinski definition) is 7. The summed E-state index contributed by atoms with van der Waals surface area (Å²) in [6.07, 6.45) is 1.39. The number of hydrogen-bond donors (Lipinski definition) is 1. The Bertz CT molecular complexity index is 763. The van der Waals surface area contributed by atoms with Crippen LogP contribution >= 0.6 is 0 Å². The molecule has 26 heavy (non-hydrogen) atoms. The van der Waals surface area contributed by atoms with Crippen LogP contribution in [-0.2, 0) is 11.3 Å². The Labute approximate surface area is 152 Å². The third kappa shape index (κ3) is 4.20. The Morgan fingerprint density at radius 1 is 1.15 bits per heavy atom. The number of methoxy groups -OCH3 is 2. The first-order valence-electron chi connectivity index (χ1n) is 8.35. The van der Waals surface area contributed by atoms with Crippen molar-refractivity contribution in [3.63, 3.8) is 0 Å². The largest absolute Gasteiger partial charge is 0.493 e. The fraction of sp³-hybridized carbons (Fsp3) is 0.389. The van der Waals surface area contributed by atoms with Crippen molar-refractivity contribution in [1.82, 2.24) is 14.9 Å².